The molecule has 0 bridgehead atoms. The first-order valence-corrected chi connectivity index (χ1v) is 21.0. The molecule has 6 amide bonds. The molecule has 4 heterocycles. The van der Waals surface area contributed by atoms with Crippen molar-refractivity contribution < 1.29 is 46.6 Å². The molecule has 6 N–H and O–H groups in total. The molecule has 0 saturated carbocycles. The summed E-state index contributed by atoms with van der Waals surface area (Å²) in [5.74, 6) is -1.10. The van der Waals surface area contributed by atoms with Crippen LogP contribution in [0.2, 0.25) is 5.02 Å². The van der Waals surface area contributed by atoms with Crippen LogP contribution in [0.15, 0.2) is 60.9 Å². The van der Waals surface area contributed by atoms with Gasteiger partial charge < -0.3 is 50.8 Å². The van der Waals surface area contributed by atoms with Crippen molar-refractivity contribution in [3.8, 4) is 28.1 Å². The van der Waals surface area contributed by atoms with Crippen LogP contribution in [-0.4, -0.2) is 113 Å². The van der Waals surface area contributed by atoms with E-state index in [1.807, 2.05) is 13.8 Å². The number of anilines is 2. The van der Waals surface area contributed by atoms with Crippen LogP contribution in [0.5, 0.6) is 5.75 Å². The zero-order valence-corrected chi connectivity index (χ0v) is 36.6. The number of urea groups is 1. The molecule has 2 aliphatic heterocycles. The minimum atomic E-state index is -5.08. The van der Waals surface area contributed by atoms with Gasteiger partial charge in [-0.15, -0.1) is 13.2 Å². The van der Waals surface area contributed by atoms with Crippen LogP contribution in [-0.2, 0) is 14.3 Å². The fourth-order valence-electron chi connectivity index (χ4n) is 7.80. The number of likely N-dealkylation sites (tertiary alicyclic amines) is 2. The van der Waals surface area contributed by atoms with Crippen molar-refractivity contribution >= 4 is 53.0 Å². The summed E-state index contributed by atoms with van der Waals surface area (Å²) in [4.78, 5) is 79.1. The van der Waals surface area contributed by atoms with E-state index in [0.29, 0.717) is 67.4 Å². The average molecular weight is 911 g/mol. The second-order valence-corrected chi connectivity index (χ2v) is 16.2. The zero-order valence-electron chi connectivity index (χ0n) is 35.8. The summed E-state index contributed by atoms with van der Waals surface area (Å²) in [6, 6.07) is 10.3. The van der Waals surface area contributed by atoms with Gasteiger partial charge >= 0.3 is 18.5 Å². The van der Waals surface area contributed by atoms with Crippen molar-refractivity contribution in [3.63, 3.8) is 0 Å². The number of hydrogen-bond donors (Lipinski definition) is 6. The largest absolute Gasteiger partial charge is 0.573 e. The number of rotatable bonds is 14. The number of hydrogen-bond acceptors (Lipinski definition) is 10. The number of alkyl halides is 3. The summed E-state index contributed by atoms with van der Waals surface area (Å²) in [6.45, 7) is 6.85. The van der Waals surface area contributed by atoms with E-state index in [9.17, 15) is 37.1 Å². The first kappa shape index (κ1) is 46.9. The number of ether oxygens (including phenoxy) is 2. The normalized spacial score (nSPS) is 17.8. The monoisotopic (exact) mass is 910 g/mol. The number of alkyl carbamates (subject to hydrolysis) is 1. The molecule has 17 nitrogen and oxygen atoms in total. The molecule has 4 aromatic rings. The van der Waals surface area contributed by atoms with Crippen LogP contribution in [0.1, 0.15) is 68.7 Å². The van der Waals surface area contributed by atoms with Crippen molar-refractivity contribution in [2.45, 2.75) is 70.4 Å². The molecule has 2 aromatic heterocycles. The topological polar surface area (TPSA) is 212 Å². The SMILES string of the molecule is CNC(=O)N1CCC[C@@]1(C)C(=O)NCCNc1ccc(C(=O)Nc2cc(OC(F)(F)F)c(-c3ccc(-c4cnc([C@@H]5CCCN5C(=O)[C@@H](NC(=O)OC)C(C)C)[nH]4)cc3)cc2Cl)cn1. The highest BCUT2D eigenvalue weighted by atomic mass is 35.5. The molecule has 0 spiro atoms. The molecule has 2 aromatic carbocycles. The maximum atomic E-state index is 13.7. The number of pyridine rings is 1. The Morgan fingerprint density at radius 1 is 0.984 bits per heavy atom. The Morgan fingerprint density at radius 2 is 1.72 bits per heavy atom. The molecular weight excluding hydrogens is 861 g/mol. The van der Waals surface area contributed by atoms with Crippen LogP contribution < -0.4 is 31.3 Å². The number of aromatic nitrogens is 3. The van der Waals surface area contributed by atoms with Gasteiger partial charge in [0, 0.05) is 51.1 Å². The van der Waals surface area contributed by atoms with E-state index in [4.69, 9.17) is 16.3 Å². The van der Waals surface area contributed by atoms with Crippen molar-refractivity contribution in [2.75, 3.05) is 51.0 Å². The molecular formula is C43H50ClF3N10O7. The minimum absolute atomic E-state index is 0.00645. The first-order valence-electron chi connectivity index (χ1n) is 20.6. The zero-order chi connectivity index (χ0) is 46.3. The number of nitrogens with one attached hydrogen (secondary N) is 6. The number of aromatic amines is 1. The van der Waals surface area contributed by atoms with Gasteiger partial charge in [-0.05, 0) is 67.9 Å². The minimum Gasteiger partial charge on any atom is -0.453 e. The van der Waals surface area contributed by atoms with E-state index in [2.05, 4.69) is 46.3 Å². The summed E-state index contributed by atoms with van der Waals surface area (Å²) in [6.07, 6.45) is -0.286. The number of nitrogens with zero attached hydrogens (tertiary/aromatic N) is 4. The highest BCUT2D eigenvalue weighted by molar-refractivity contribution is 6.34. The quantitative estimate of drug-likeness (QED) is 0.0737. The molecule has 2 saturated heterocycles. The van der Waals surface area contributed by atoms with Crippen molar-refractivity contribution in [1.29, 1.82) is 0 Å². The lowest BCUT2D eigenvalue weighted by Gasteiger charge is -2.33. The van der Waals surface area contributed by atoms with E-state index in [0.717, 1.165) is 12.5 Å². The third kappa shape index (κ3) is 10.8. The van der Waals surface area contributed by atoms with Crippen molar-refractivity contribution in [1.82, 2.24) is 40.7 Å². The summed E-state index contributed by atoms with van der Waals surface area (Å²) in [7, 11) is 2.74. The fourth-order valence-corrected chi connectivity index (χ4v) is 8.01. The molecule has 3 atom stereocenters. The number of imidazole rings is 1. The standard InChI is InChI=1S/C43H50ClF3N10O7/c1-24(2)35(55-41(62)63-5)38(59)56-18-6-8-32(56)36-52-23-31(53-36)26-11-9-25(10-12-26)28-20-29(44)30(21-33(28)64-43(45,46)47)54-37(58)27-13-14-34(51-22-27)49-16-17-50-39(60)42(3)15-7-19-57(42)40(61)48-4/h9-14,20-24,32,35H,6-8,15-19H2,1-5H3,(H,48,61)(H,49,51)(H,50,60)(H,52,53)(H,54,58)(H,55,62)/t32-,35-,42-/m0/s1. The number of halogens is 4. The molecule has 0 unspecified atom stereocenters. The Kier molecular flexibility index (Phi) is 14.6. The summed E-state index contributed by atoms with van der Waals surface area (Å²) in [5, 5.41) is 13.5. The number of methoxy groups -OCH3 is 1. The van der Waals surface area contributed by atoms with Gasteiger partial charge in [0.15, 0.2) is 0 Å². The third-order valence-corrected chi connectivity index (χ3v) is 11.5. The maximum Gasteiger partial charge on any atom is 0.573 e. The van der Waals surface area contributed by atoms with Crippen LogP contribution >= 0.6 is 11.6 Å². The lowest BCUT2D eigenvalue weighted by Crippen LogP contribution is -2.57. The lowest BCUT2D eigenvalue weighted by atomic mass is 9.98. The van der Waals surface area contributed by atoms with Gasteiger partial charge in [-0.1, -0.05) is 49.7 Å². The van der Waals surface area contributed by atoms with Crippen LogP contribution in [0.4, 0.5) is 34.3 Å². The fraction of sp³-hybridized carbons (Fsp3) is 0.419. The van der Waals surface area contributed by atoms with Gasteiger partial charge in [-0.3, -0.25) is 14.4 Å². The van der Waals surface area contributed by atoms with Gasteiger partial charge in [0.05, 0.1) is 41.3 Å². The highest BCUT2D eigenvalue weighted by Crippen LogP contribution is 2.41. The Labute approximate surface area is 372 Å². The predicted octanol–water partition coefficient (Wildman–Crippen LogP) is 6.71. The molecule has 2 fully saturated rings. The summed E-state index contributed by atoms with van der Waals surface area (Å²) < 4.78 is 50.3. The Hall–Kier alpha value is -6.57. The second-order valence-electron chi connectivity index (χ2n) is 15.8. The van der Waals surface area contributed by atoms with E-state index in [1.54, 1.807) is 42.3 Å². The van der Waals surface area contributed by atoms with E-state index in [-0.39, 0.29) is 58.2 Å². The Bertz CT molecular complexity index is 2350. The van der Waals surface area contributed by atoms with E-state index in [1.165, 1.54) is 43.5 Å². The number of carbonyl (C=O) groups is 5. The summed E-state index contributed by atoms with van der Waals surface area (Å²) >= 11 is 6.55. The molecule has 0 aliphatic carbocycles. The number of benzene rings is 2. The molecule has 21 heteroatoms. The molecule has 64 heavy (non-hydrogen) atoms. The predicted molar refractivity (Wildman–Crippen MR) is 231 cm³/mol. The average Bonchev–Trinajstić information content (AvgIpc) is 4.05. The van der Waals surface area contributed by atoms with Crippen molar-refractivity contribution in [3.05, 3.63) is 77.3 Å². The molecule has 342 valence electrons. The van der Waals surface area contributed by atoms with Crippen molar-refractivity contribution in [2.24, 2.45) is 5.92 Å². The number of carbonyl (C=O) groups excluding carboxylic acids is 5. The lowest BCUT2D eigenvalue weighted by molar-refractivity contribution is -0.274. The van der Waals surface area contributed by atoms with E-state index >= 15 is 0 Å². The van der Waals surface area contributed by atoms with Crippen LogP contribution in [0.25, 0.3) is 22.4 Å². The number of H-pyrrole nitrogens is 1. The van der Waals surface area contributed by atoms with E-state index < -0.39 is 35.7 Å². The summed E-state index contributed by atoms with van der Waals surface area (Å²) in [5.41, 5.74) is 0.577. The van der Waals surface area contributed by atoms with Gasteiger partial charge in [-0.2, -0.15) is 0 Å². The van der Waals surface area contributed by atoms with Gasteiger partial charge in [0.2, 0.25) is 11.8 Å². The second kappa shape index (κ2) is 19.9. The Morgan fingerprint density at radius 3 is 2.38 bits per heavy atom. The van der Waals surface area contributed by atoms with Crippen LogP contribution in [0.3, 0.4) is 0 Å². The van der Waals surface area contributed by atoms with Gasteiger partial charge in [0.25, 0.3) is 5.91 Å². The molecule has 0 radical (unpaired) electrons. The smallest absolute Gasteiger partial charge is 0.453 e. The number of amides is 6. The maximum absolute atomic E-state index is 13.7. The van der Waals surface area contributed by atoms with Crippen LogP contribution in [0, 0.1) is 5.92 Å². The first-order chi connectivity index (χ1) is 30.4. The van der Waals surface area contributed by atoms with Gasteiger partial charge in [-0.25, -0.2) is 19.6 Å². The van der Waals surface area contributed by atoms with Gasteiger partial charge in [0.1, 0.15) is 29.0 Å². The molecule has 6 rings (SSSR count). The Balaban J connectivity index is 1.10. The third-order valence-electron chi connectivity index (χ3n) is 11.2. The highest BCUT2D eigenvalue weighted by Gasteiger charge is 2.45. The molecule has 2 aliphatic rings.